The highest BCUT2D eigenvalue weighted by Crippen LogP contribution is 2.42. The second kappa shape index (κ2) is 6.83. The summed E-state index contributed by atoms with van der Waals surface area (Å²) in [4.78, 5) is 0. The van der Waals surface area contributed by atoms with E-state index in [4.69, 9.17) is 0 Å². The van der Waals surface area contributed by atoms with Crippen molar-refractivity contribution >= 4 is 0 Å². The van der Waals surface area contributed by atoms with Crippen molar-refractivity contribution in [2.24, 2.45) is 11.8 Å². The molecule has 1 saturated carbocycles. The third-order valence-electron chi connectivity index (χ3n) is 4.07. The Morgan fingerprint density at radius 2 is 2.06 bits per heavy atom. The van der Waals surface area contributed by atoms with E-state index in [0.29, 0.717) is 0 Å². The SMILES string of the molecule is CCCCCCCC=CC=C1CC2C=CC1C2. The molecule has 0 heterocycles. The first-order valence-electron chi connectivity index (χ1n) is 7.44. The first-order chi connectivity index (χ1) is 8.40. The molecule has 0 nitrogen and oxygen atoms in total. The lowest BCUT2D eigenvalue weighted by Gasteiger charge is -2.05. The number of hydrogen-bond acceptors (Lipinski definition) is 0. The topological polar surface area (TPSA) is 0 Å². The fourth-order valence-electron chi connectivity index (χ4n) is 3.00. The molecule has 0 aromatic rings. The highest BCUT2D eigenvalue weighted by Gasteiger charge is 2.29. The van der Waals surface area contributed by atoms with Gasteiger partial charge in [0.25, 0.3) is 0 Å². The van der Waals surface area contributed by atoms with Crippen LogP contribution in [0, 0.1) is 11.8 Å². The van der Waals surface area contributed by atoms with Gasteiger partial charge < -0.3 is 0 Å². The van der Waals surface area contributed by atoms with Crippen molar-refractivity contribution in [1.82, 2.24) is 0 Å². The van der Waals surface area contributed by atoms with E-state index in [0.717, 1.165) is 11.8 Å². The van der Waals surface area contributed by atoms with E-state index in [1.54, 1.807) is 5.57 Å². The normalized spacial score (nSPS) is 28.9. The van der Waals surface area contributed by atoms with E-state index < -0.39 is 0 Å². The summed E-state index contributed by atoms with van der Waals surface area (Å²) >= 11 is 0. The highest BCUT2D eigenvalue weighted by molar-refractivity contribution is 5.29. The minimum atomic E-state index is 0.786. The van der Waals surface area contributed by atoms with Gasteiger partial charge in [-0.1, -0.05) is 68.6 Å². The number of hydrogen-bond donors (Lipinski definition) is 0. The fourth-order valence-corrected chi connectivity index (χ4v) is 3.00. The van der Waals surface area contributed by atoms with Gasteiger partial charge in [-0.3, -0.25) is 0 Å². The maximum absolute atomic E-state index is 2.40. The van der Waals surface area contributed by atoms with Gasteiger partial charge in [0.2, 0.25) is 0 Å². The van der Waals surface area contributed by atoms with Crippen LogP contribution in [0.3, 0.4) is 0 Å². The van der Waals surface area contributed by atoms with Gasteiger partial charge in [-0.2, -0.15) is 0 Å². The van der Waals surface area contributed by atoms with Crippen molar-refractivity contribution in [3.63, 3.8) is 0 Å². The van der Waals surface area contributed by atoms with Crippen LogP contribution >= 0.6 is 0 Å². The third-order valence-corrected chi connectivity index (χ3v) is 4.07. The molecule has 0 aromatic heterocycles. The first kappa shape index (κ1) is 12.7. The van der Waals surface area contributed by atoms with Crippen LogP contribution in [0.15, 0.2) is 36.0 Å². The summed E-state index contributed by atoms with van der Waals surface area (Å²) in [5.74, 6) is 1.66. The Morgan fingerprint density at radius 3 is 2.76 bits per heavy atom. The summed E-state index contributed by atoms with van der Waals surface area (Å²) in [5, 5.41) is 0. The van der Waals surface area contributed by atoms with Crippen LogP contribution < -0.4 is 0 Å². The first-order valence-corrected chi connectivity index (χ1v) is 7.44. The molecule has 2 aliphatic rings. The van der Waals surface area contributed by atoms with Crippen molar-refractivity contribution in [3.8, 4) is 0 Å². The Labute approximate surface area is 106 Å². The molecule has 0 saturated heterocycles. The lowest BCUT2D eigenvalue weighted by molar-refractivity contribution is 0.637. The van der Waals surface area contributed by atoms with Crippen LogP contribution in [0.25, 0.3) is 0 Å². The Kier molecular flexibility index (Phi) is 5.09. The van der Waals surface area contributed by atoms with Crippen LogP contribution in [0.4, 0.5) is 0 Å². The van der Waals surface area contributed by atoms with Crippen molar-refractivity contribution in [1.29, 1.82) is 0 Å². The van der Waals surface area contributed by atoms with Gasteiger partial charge in [-0.25, -0.2) is 0 Å². The van der Waals surface area contributed by atoms with Gasteiger partial charge in [-0.15, -0.1) is 0 Å². The van der Waals surface area contributed by atoms with Crippen LogP contribution in [0.1, 0.15) is 58.3 Å². The molecular weight excluding hydrogens is 204 g/mol. The van der Waals surface area contributed by atoms with E-state index in [1.165, 1.54) is 51.4 Å². The molecule has 2 bridgehead atoms. The monoisotopic (exact) mass is 230 g/mol. The van der Waals surface area contributed by atoms with Gasteiger partial charge in [0.1, 0.15) is 0 Å². The van der Waals surface area contributed by atoms with E-state index in [-0.39, 0.29) is 0 Å². The Morgan fingerprint density at radius 1 is 1.18 bits per heavy atom. The summed E-state index contributed by atoms with van der Waals surface area (Å²) in [5.41, 5.74) is 1.67. The summed E-state index contributed by atoms with van der Waals surface area (Å²) < 4.78 is 0. The van der Waals surface area contributed by atoms with Gasteiger partial charge in [0.15, 0.2) is 0 Å². The quantitative estimate of drug-likeness (QED) is 0.404. The molecule has 0 aromatic carbocycles. The maximum atomic E-state index is 2.40. The molecule has 0 N–H and O–H groups in total. The minimum absolute atomic E-state index is 0.786. The fraction of sp³-hybridized carbons (Fsp3) is 0.647. The minimum Gasteiger partial charge on any atom is -0.0845 e. The molecule has 0 heteroatoms. The van der Waals surface area contributed by atoms with E-state index in [9.17, 15) is 0 Å². The van der Waals surface area contributed by atoms with E-state index >= 15 is 0 Å². The average molecular weight is 230 g/mol. The third kappa shape index (κ3) is 3.87. The van der Waals surface area contributed by atoms with Crippen LogP contribution in [-0.2, 0) is 0 Å². The summed E-state index contributed by atoms with van der Waals surface area (Å²) in [6.07, 6.45) is 22.7. The maximum Gasteiger partial charge on any atom is -0.00141 e. The lowest BCUT2D eigenvalue weighted by atomic mass is 10.0. The van der Waals surface area contributed by atoms with Crippen molar-refractivity contribution < 1.29 is 0 Å². The Balaban J connectivity index is 1.59. The predicted octanol–water partition coefficient (Wildman–Crippen LogP) is 5.43. The smallest absolute Gasteiger partial charge is 0.00141 e. The zero-order chi connectivity index (χ0) is 11.9. The molecular formula is C17H26. The van der Waals surface area contributed by atoms with Gasteiger partial charge >= 0.3 is 0 Å². The molecule has 0 amide bonds. The molecule has 2 atom stereocenters. The van der Waals surface area contributed by atoms with Crippen LogP contribution in [0.2, 0.25) is 0 Å². The van der Waals surface area contributed by atoms with E-state index in [1.807, 2.05) is 0 Å². The summed E-state index contributed by atoms with van der Waals surface area (Å²) in [6, 6.07) is 0. The standard InChI is InChI=1S/C17H26/c1-2-3-4-5-6-7-8-9-10-16-13-15-11-12-17(16)14-15/h8-12,15,17H,2-7,13-14H2,1H3. The zero-order valence-electron chi connectivity index (χ0n) is 11.2. The van der Waals surface area contributed by atoms with Crippen molar-refractivity contribution in [2.45, 2.75) is 58.3 Å². The summed E-state index contributed by atoms with van der Waals surface area (Å²) in [6.45, 7) is 2.27. The lowest BCUT2D eigenvalue weighted by Crippen LogP contribution is -1.90. The number of fused-ring (bicyclic) bond motifs is 2. The number of rotatable bonds is 7. The molecule has 94 valence electrons. The summed E-state index contributed by atoms with van der Waals surface area (Å²) in [7, 11) is 0. The molecule has 0 radical (unpaired) electrons. The van der Waals surface area contributed by atoms with E-state index in [2.05, 4.69) is 37.3 Å². The predicted molar refractivity (Wildman–Crippen MR) is 76.0 cm³/mol. The van der Waals surface area contributed by atoms with Gasteiger partial charge in [0, 0.05) is 0 Å². The molecule has 2 rings (SSSR count). The highest BCUT2D eigenvalue weighted by atomic mass is 14.3. The number of allylic oxidation sites excluding steroid dienone is 6. The molecule has 2 aliphatic carbocycles. The Bertz CT molecular complexity index is 306. The largest absolute Gasteiger partial charge is 0.0845 e. The molecule has 17 heavy (non-hydrogen) atoms. The van der Waals surface area contributed by atoms with Gasteiger partial charge in [-0.05, 0) is 37.5 Å². The van der Waals surface area contributed by atoms with Gasteiger partial charge in [0.05, 0.1) is 0 Å². The molecule has 2 unspecified atom stereocenters. The van der Waals surface area contributed by atoms with Crippen molar-refractivity contribution in [2.75, 3.05) is 0 Å². The van der Waals surface area contributed by atoms with Crippen molar-refractivity contribution in [3.05, 3.63) is 36.0 Å². The van der Waals surface area contributed by atoms with Crippen LogP contribution in [-0.4, -0.2) is 0 Å². The Hall–Kier alpha value is -0.780. The van der Waals surface area contributed by atoms with Crippen LogP contribution in [0.5, 0.6) is 0 Å². The zero-order valence-corrected chi connectivity index (χ0v) is 11.2. The number of unbranched alkanes of at least 4 members (excludes halogenated alkanes) is 5. The average Bonchev–Trinajstić information content (AvgIpc) is 2.94. The second-order valence-corrected chi connectivity index (χ2v) is 5.56. The second-order valence-electron chi connectivity index (χ2n) is 5.56. The molecule has 0 aliphatic heterocycles. The molecule has 0 spiro atoms. The molecule has 1 fully saturated rings.